The smallest absolute Gasteiger partial charge is 0.234 e. The number of nitrogens with one attached hydrogen (secondary N) is 2. The van der Waals surface area contributed by atoms with Gasteiger partial charge in [-0.1, -0.05) is 29.8 Å². The summed E-state index contributed by atoms with van der Waals surface area (Å²) in [7, 11) is 1.95. The first-order valence-electron chi connectivity index (χ1n) is 7.56. The van der Waals surface area contributed by atoms with E-state index in [1.807, 2.05) is 31.3 Å². The molecule has 22 heavy (non-hydrogen) atoms. The van der Waals surface area contributed by atoms with Gasteiger partial charge in [-0.2, -0.15) is 5.10 Å². The van der Waals surface area contributed by atoms with Gasteiger partial charge in [0.1, 0.15) is 0 Å². The number of likely N-dealkylation sites (N-methyl/N-ethyl adjacent to an activating group) is 1. The van der Waals surface area contributed by atoms with Gasteiger partial charge in [-0.05, 0) is 38.4 Å². The quantitative estimate of drug-likeness (QED) is 0.823. The lowest BCUT2D eigenvalue weighted by atomic mass is 10.1. The van der Waals surface area contributed by atoms with Crippen LogP contribution in [0.2, 0.25) is 0 Å². The van der Waals surface area contributed by atoms with Crippen molar-refractivity contribution < 1.29 is 4.79 Å². The van der Waals surface area contributed by atoms with Crippen LogP contribution in [0.25, 0.3) is 0 Å². The number of benzene rings is 1. The molecule has 0 bridgehead atoms. The summed E-state index contributed by atoms with van der Waals surface area (Å²) in [5.41, 5.74) is 3.50. The minimum Gasteiger partial charge on any atom is -0.348 e. The summed E-state index contributed by atoms with van der Waals surface area (Å²) in [6.45, 7) is 5.29. The summed E-state index contributed by atoms with van der Waals surface area (Å²) in [5, 5.41) is 9.75. The van der Waals surface area contributed by atoms with Crippen molar-refractivity contribution >= 4 is 5.91 Å². The van der Waals surface area contributed by atoms with Gasteiger partial charge in [-0.25, -0.2) is 0 Å². The number of H-pyrrole nitrogens is 1. The zero-order valence-electron chi connectivity index (χ0n) is 13.5. The predicted molar refractivity (Wildman–Crippen MR) is 87.5 cm³/mol. The molecule has 118 valence electrons. The number of rotatable bonds is 7. The summed E-state index contributed by atoms with van der Waals surface area (Å²) < 4.78 is 0. The second-order valence-electron chi connectivity index (χ2n) is 5.79. The predicted octanol–water partition coefficient (Wildman–Crippen LogP) is 2.07. The number of aryl methyl sites for hydroxylation is 1. The maximum atomic E-state index is 12.1. The van der Waals surface area contributed by atoms with Crippen LogP contribution in [0.1, 0.15) is 29.7 Å². The molecule has 2 N–H and O–H groups in total. The Morgan fingerprint density at radius 2 is 2.09 bits per heavy atom. The Balaban J connectivity index is 1.75. The number of carbonyl (C=O) groups excluding carboxylic acids is 1. The van der Waals surface area contributed by atoms with E-state index in [1.54, 1.807) is 0 Å². The molecule has 1 amide bonds. The van der Waals surface area contributed by atoms with Crippen LogP contribution >= 0.6 is 0 Å². The van der Waals surface area contributed by atoms with Crippen LogP contribution < -0.4 is 5.32 Å². The fourth-order valence-corrected chi connectivity index (χ4v) is 2.28. The number of aromatic amines is 1. The third-order valence-electron chi connectivity index (χ3n) is 3.71. The molecule has 0 saturated carbocycles. The summed E-state index contributed by atoms with van der Waals surface area (Å²) in [6, 6.07) is 8.27. The van der Waals surface area contributed by atoms with E-state index in [2.05, 4.69) is 46.7 Å². The molecule has 1 heterocycles. The molecule has 0 aliphatic rings. The maximum Gasteiger partial charge on any atom is 0.234 e. The van der Waals surface area contributed by atoms with Crippen LogP contribution in [0.15, 0.2) is 36.7 Å². The van der Waals surface area contributed by atoms with Gasteiger partial charge in [-0.15, -0.1) is 0 Å². The van der Waals surface area contributed by atoms with Crippen molar-refractivity contribution in [1.82, 2.24) is 20.4 Å². The molecule has 0 aliphatic carbocycles. The molecule has 5 nitrogen and oxygen atoms in total. The molecular weight excluding hydrogens is 276 g/mol. The van der Waals surface area contributed by atoms with Crippen molar-refractivity contribution in [2.45, 2.75) is 26.3 Å². The van der Waals surface area contributed by atoms with E-state index < -0.39 is 0 Å². The molecule has 0 unspecified atom stereocenters. The Bertz CT molecular complexity index is 577. The zero-order chi connectivity index (χ0) is 15.9. The fourth-order valence-electron chi connectivity index (χ4n) is 2.28. The number of hydrogen-bond acceptors (Lipinski definition) is 3. The number of nitrogens with zero attached hydrogens (tertiary/aromatic N) is 2. The van der Waals surface area contributed by atoms with E-state index >= 15 is 0 Å². The van der Waals surface area contributed by atoms with Crippen molar-refractivity contribution in [2.24, 2.45) is 0 Å². The van der Waals surface area contributed by atoms with Crippen LogP contribution in [0.4, 0.5) is 0 Å². The lowest BCUT2D eigenvalue weighted by Gasteiger charge is -2.19. The van der Waals surface area contributed by atoms with E-state index in [0.29, 0.717) is 6.54 Å². The number of hydrogen-bond donors (Lipinski definition) is 2. The summed E-state index contributed by atoms with van der Waals surface area (Å²) in [5.74, 6) is 0.0442. The molecule has 0 fully saturated rings. The van der Waals surface area contributed by atoms with Crippen LogP contribution in [-0.2, 0) is 11.2 Å². The highest BCUT2D eigenvalue weighted by molar-refractivity contribution is 5.78. The largest absolute Gasteiger partial charge is 0.348 e. The standard InChI is InChI=1S/C17H24N4O/c1-13-4-6-16(7-5-13)14(2)20-17(22)12-21(3)9-8-15-10-18-19-11-15/h4-7,10-11,14H,8-9,12H2,1-3H3,(H,18,19)(H,20,22)/t14-/m0/s1. The molecular formula is C17H24N4O. The van der Waals surface area contributed by atoms with Gasteiger partial charge in [0.05, 0.1) is 18.8 Å². The van der Waals surface area contributed by atoms with Crippen molar-refractivity contribution in [1.29, 1.82) is 0 Å². The van der Waals surface area contributed by atoms with Gasteiger partial charge in [0.15, 0.2) is 0 Å². The maximum absolute atomic E-state index is 12.1. The first-order valence-corrected chi connectivity index (χ1v) is 7.56. The summed E-state index contributed by atoms with van der Waals surface area (Å²) in [4.78, 5) is 14.1. The Hall–Kier alpha value is -2.14. The normalized spacial score (nSPS) is 12.4. The molecule has 0 aliphatic heterocycles. The number of aromatic nitrogens is 2. The molecule has 1 aromatic carbocycles. The van der Waals surface area contributed by atoms with Crippen molar-refractivity contribution in [2.75, 3.05) is 20.1 Å². The van der Waals surface area contributed by atoms with Crippen LogP contribution in [0.5, 0.6) is 0 Å². The van der Waals surface area contributed by atoms with Crippen molar-refractivity contribution in [3.8, 4) is 0 Å². The summed E-state index contributed by atoms with van der Waals surface area (Å²) in [6.07, 6.45) is 4.58. The second-order valence-corrected chi connectivity index (χ2v) is 5.79. The summed E-state index contributed by atoms with van der Waals surface area (Å²) >= 11 is 0. The van der Waals surface area contributed by atoms with Crippen LogP contribution in [-0.4, -0.2) is 41.1 Å². The second kappa shape index (κ2) is 7.75. The highest BCUT2D eigenvalue weighted by atomic mass is 16.2. The fraction of sp³-hybridized carbons (Fsp3) is 0.412. The van der Waals surface area contributed by atoms with Gasteiger partial charge in [-0.3, -0.25) is 14.8 Å². The molecule has 1 atom stereocenters. The lowest BCUT2D eigenvalue weighted by Crippen LogP contribution is -2.37. The first kappa shape index (κ1) is 16.2. The lowest BCUT2D eigenvalue weighted by molar-refractivity contribution is -0.122. The van der Waals surface area contributed by atoms with Gasteiger partial charge < -0.3 is 5.32 Å². The van der Waals surface area contributed by atoms with Gasteiger partial charge >= 0.3 is 0 Å². The van der Waals surface area contributed by atoms with Crippen molar-refractivity contribution in [3.63, 3.8) is 0 Å². The van der Waals surface area contributed by atoms with Gasteiger partial charge in [0.25, 0.3) is 0 Å². The molecule has 2 rings (SSSR count). The topological polar surface area (TPSA) is 61.0 Å². The Morgan fingerprint density at radius 1 is 1.36 bits per heavy atom. The Labute approximate surface area is 131 Å². The highest BCUT2D eigenvalue weighted by Crippen LogP contribution is 2.12. The zero-order valence-corrected chi connectivity index (χ0v) is 13.5. The molecule has 0 spiro atoms. The van der Waals surface area contributed by atoms with E-state index in [0.717, 1.165) is 24.1 Å². The highest BCUT2D eigenvalue weighted by Gasteiger charge is 2.11. The Kier molecular flexibility index (Phi) is 5.72. The average molecular weight is 300 g/mol. The van der Waals surface area contributed by atoms with E-state index in [1.165, 1.54) is 5.56 Å². The minimum absolute atomic E-state index is 0.0235. The molecule has 2 aromatic rings. The SMILES string of the molecule is Cc1ccc([C@H](C)NC(=O)CN(C)CCc2cn[nH]c2)cc1. The van der Waals surface area contributed by atoms with E-state index in [4.69, 9.17) is 0 Å². The molecule has 0 saturated heterocycles. The molecule has 5 heteroatoms. The van der Waals surface area contributed by atoms with E-state index in [9.17, 15) is 4.79 Å². The third-order valence-corrected chi connectivity index (χ3v) is 3.71. The monoisotopic (exact) mass is 300 g/mol. The van der Waals surface area contributed by atoms with Gasteiger partial charge in [0, 0.05) is 12.7 Å². The average Bonchev–Trinajstić information content (AvgIpc) is 2.99. The first-order chi connectivity index (χ1) is 10.5. The van der Waals surface area contributed by atoms with Crippen molar-refractivity contribution in [3.05, 3.63) is 53.3 Å². The van der Waals surface area contributed by atoms with Crippen LogP contribution in [0.3, 0.4) is 0 Å². The number of carbonyl (C=O) groups is 1. The molecule has 1 aromatic heterocycles. The molecule has 0 radical (unpaired) electrons. The Morgan fingerprint density at radius 3 is 2.73 bits per heavy atom. The van der Waals surface area contributed by atoms with E-state index in [-0.39, 0.29) is 11.9 Å². The minimum atomic E-state index is 0.0235. The number of amides is 1. The van der Waals surface area contributed by atoms with Crippen LogP contribution in [0, 0.1) is 6.92 Å². The van der Waals surface area contributed by atoms with Gasteiger partial charge in [0.2, 0.25) is 5.91 Å². The third kappa shape index (κ3) is 5.00.